The summed E-state index contributed by atoms with van der Waals surface area (Å²) in [5.41, 5.74) is -1.42. The Labute approximate surface area is 157 Å². The van der Waals surface area contributed by atoms with Crippen molar-refractivity contribution in [2.24, 2.45) is 5.92 Å². The van der Waals surface area contributed by atoms with Crippen LogP contribution in [0.2, 0.25) is 0 Å². The molecule has 0 bridgehead atoms. The summed E-state index contributed by atoms with van der Waals surface area (Å²) in [6.45, 7) is 2.58. The minimum atomic E-state index is -1.42. The van der Waals surface area contributed by atoms with Crippen LogP contribution >= 0.6 is 27.3 Å². The summed E-state index contributed by atoms with van der Waals surface area (Å²) < 4.78 is 16.4. The zero-order valence-corrected chi connectivity index (χ0v) is 16.1. The van der Waals surface area contributed by atoms with Gasteiger partial charge in [0.25, 0.3) is 5.91 Å². The maximum atomic E-state index is 15.7. The van der Waals surface area contributed by atoms with E-state index < -0.39 is 5.67 Å². The summed E-state index contributed by atoms with van der Waals surface area (Å²) in [7, 11) is 0. The van der Waals surface area contributed by atoms with E-state index in [4.69, 9.17) is 0 Å². The molecule has 0 aromatic carbocycles. The van der Waals surface area contributed by atoms with Gasteiger partial charge in [0.2, 0.25) is 0 Å². The van der Waals surface area contributed by atoms with Gasteiger partial charge in [-0.05, 0) is 60.0 Å². The predicted octanol–water partition coefficient (Wildman–Crippen LogP) is 3.66. The molecule has 8 heteroatoms. The Morgan fingerprint density at radius 3 is 2.88 bits per heavy atom. The molecule has 0 unspecified atom stereocenters. The second kappa shape index (κ2) is 6.32. The third-order valence-corrected chi connectivity index (χ3v) is 6.54. The maximum Gasteiger partial charge on any atom is 0.264 e. The number of fused-ring (bicyclic) bond motifs is 1. The lowest BCUT2D eigenvalue weighted by atomic mass is 9.94. The van der Waals surface area contributed by atoms with Gasteiger partial charge in [0.1, 0.15) is 10.4 Å². The van der Waals surface area contributed by atoms with Gasteiger partial charge in [0.05, 0.1) is 17.5 Å². The number of carbonyl (C=O) groups excluding carboxylic acids is 1. The number of thiophene rings is 1. The number of anilines is 1. The molecule has 1 aliphatic heterocycles. The second-order valence-corrected chi connectivity index (χ2v) is 8.84. The van der Waals surface area contributed by atoms with Crippen LogP contribution in [0.3, 0.4) is 0 Å². The largest absolute Gasteiger partial charge is 0.363 e. The van der Waals surface area contributed by atoms with Gasteiger partial charge in [0.15, 0.2) is 5.67 Å². The molecule has 4 rings (SSSR count). The molecule has 2 aromatic rings. The Morgan fingerprint density at radius 2 is 2.20 bits per heavy atom. The number of aryl methyl sites for hydroxylation is 1. The first-order valence-corrected chi connectivity index (χ1v) is 9.87. The normalized spacial score (nSPS) is 28.2. The van der Waals surface area contributed by atoms with Crippen molar-refractivity contribution in [3.63, 3.8) is 0 Å². The van der Waals surface area contributed by atoms with Crippen molar-refractivity contribution in [2.75, 3.05) is 18.4 Å². The van der Waals surface area contributed by atoms with E-state index >= 15 is 4.39 Å². The summed E-state index contributed by atoms with van der Waals surface area (Å²) in [5, 5.41) is 11.1. The van der Waals surface area contributed by atoms with Crippen molar-refractivity contribution in [3.8, 4) is 0 Å². The highest BCUT2D eigenvalue weighted by molar-refractivity contribution is 9.10. The van der Waals surface area contributed by atoms with Crippen LogP contribution in [0.5, 0.6) is 0 Å². The number of likely N-dealkylation sites (tertiary alicyclic amines) is 1. The number of halogens is 2. The molecule has 1 N–H and O–H groups in total. The molecule has 3 heterocycles. The van der Waals surface area contributed by atoms with Crippen molar-refractivity contribution in [3.05, 3.63) is 38.6 Å². The highest BCUT2D eigenvalue weighted by Gasteiger charge is 2.57. The van der Waals surface area contributed by atoms with Crippen LogP contribution in [-0.2, 0) is 0 Å². The SMILES string of the molecule is Cc1ccc(C(=O)N2C[C@@H]3CC[C@@H](Nc4ccc(Br)nn4)[C@]3(F)C2)s1. The van der Waals surface area contributed by atoms with E-state index in [1.807, 2.05) is 19.1 Å². The zero-order chi connectivity index (χ0) is 17.6. The topological polar surface area (TPSA) is 58.1 Å². The highest BCUT2D eigenvalue weighted by atomic mass is 79.9. The molecule has 1 amide bonds. The number of alkyl halides is 1. The Kier molecular flexibility index (Phi) is 4.27. The number of carbonyl (C=O) groups is 1. The number of nitrogens with one attached hydrogen (secondary N) is 1. The fourth-order valence-electron chi connectivity index (χ4n) is 3.86. The first-order valence-electron chi connectivity index (χ1n) is 8.26. The Hall–Kier alpha value is -1.54. The summed E-state index contributed by atoms with van der Waals surface area (Å²) in [6, 6.07) is 6.96. The zero-order valence-electron chi connectivity index (χ0n) is 13.7. The molecule has 2 aromatic heterocycles. The molecule has 0 spiro atoms. The lowest BCUT2D eigenvalue weighted by Crippen LogP contribution is -2.45. The first-order chi connectivity index (χ1) is 12.0. The van der Waals surface area contributed by atoms with Gasteiger partial charge in [-0.2, -0.15) is 0 Å². The Morgan fingerprint density at radius 1 is 1.36 bits per heavy atom. The molecule has 25 heavy (non-hydrogen) atoms. The Balaban J connectivity index is 1.49. The van der Waals surface area contributed by atoms with Gasteiger partial charge in [-0.25, -0.2) is 4.39 Å². The van der Waals surface area contributed by atoms with Gasteiger partial charge >= 0.3 is 0 Å². The average molecular weight is 425 g/mol. The molecule has 1 aliphatic carbocycles. The van der Waals surface area contributed by atoms with Gasteiger partial charge in [-0.15, -0.1) is 21.5 Å². The third kappa shape index (κ3) is 3.06. The van der Waals surface area contributed by atoms with Crippen LogP contribution in [0.1, 0.15) is 27.4 Å². The van der Waals surface area contributed by atoms with Crippen LogP contribution in [0, 0.1) is 12.8 Å². The predicted molar refractivity (Wildman–Crippen MR) is 98.7 cm³/mol. The molecule has 0 radical (unpaired) electrons. The van der Waals surface area contributed by atoms with E-state index in [-0.39, 0.29) is 24.4 Å². The summed E-state index contributed by atoms with van der Waals surface area (Å²) >= 11 is 4.71. The number of hydrogen-bond acceptors (Lipinski definition) is 5. The standard InChI is InChI=1S/C17H18BrFN4OS/c1-10-2-4-12(25-10)16(24)23-8-11-3-5-13(17(11,19)9-23)20-15-7-6-14(18)21-22-15/h2,4,6-7,11,13H,3,5,8-9H2,1H3,(H,20,22)/t11-,13+,17-/m0/s1. The lowest BCUT2D eigenvalue weighted by molar-refractivity contribution is 0.0745. The molecule has 5 nitrogen and oxygen atoms in total. The van der Waals surface area contributed by atoms with E-state index in [1.165, 1.54) is 11.3 Å². The highest BCUT2D eigenvalue weighted by Crippen LogP contribution is 2.46. The van der Waals surface area contributed by atoms with Crippen molar-refractivity contribution in [1.29, 1.82) is 0 Å². The molecule has 1 saturated heterocycles. The van der Waals surface area contributed by atoms with Gasteiger partial charge in [0, 0.05) is 17.3 Å². The fraction of sp³-hybridized carbons (Fsp3) is 0.471. The van der Waals surface area contributed by atoms with Crippen molar-refractivity contribution >= 4 is 39.0 Å². The summed E-state index contributed by atoms with van der Waals surface area (Å²) in [5.74, 6) is 0.370. The molecule has 2 fully saturated rings. The third-order valence-electron chi connectivity index (χ3n) is 5.13. The number of aromatic nitrogens is 2. The average Bonchev–Trinajstić information content (AvgIpc) is 3.24. The molecular weight excluding hydrogens is 407 g/mol. The first kappa shape index (κ1) is 16.9. The second-order valence-electron chi connectivity index (χ2n) is 6.74. The van der Waals surface area contributed by atoms with E-state index in [2.05, 4.69) is 31.4 Å². The summed E-state index contributed by atoms with van der Waals surface area (Å²) in [4.78, 5) is 16.1. The van der Waals surface area contributed by atoms with Gasteiger partial charge < -0.3 is 10.2 Å². The van der Waals surface area contributed by atoms with Crippen LogP contribution in [0.25, 0.3) is 0 Å². The summed E-state index contributed by atoms with van der Waals surface area (Å²) in [6.07, 6.45) is 1.50. The molecule has 2 aliphatic rings. The van der Waals surface area contributed by atoms with Gasteiger partial charge in [-0.3, -0.25) is 4.79 Å². The van der Waals surface area contributed by atoms with E-state index in [0.29, 0.717) is 21.8 Å². The minimum Gasteiger partial charge on any atom is -0.363 e. The fourth-order valence-corrected chi connectivity index (χ4v) is 4.91. The lowest BCUT2D eigenvalue weighted by Gasteiger charge is -2.28. The molecule has 132 valence electrons. The smallest absolute Gasteiger partial charge is 0.264 e. The van der Waals surface area contributed by atoms with E-state index in [1.54, 1.807) is 17.0 Å². The number of rotatable bonds is 3. The number of hydrogen-bond donors (Lipinski definition) is 1. The minimum absolute atomic E-state index is 0.0632. The van der Waals surface area contributed by atoms with E-state index in [0.717, 1.165) is 17.7 Å². The number of nitrogens with zero attached hydrogens (tertiary/aromatic N) is 3. The quantitative estimate of drug-likeness (QED) is 0.816. The van der Waals surface area contributed by atoms with Crippen LogP contribution < -0.4 is 5.32 Å². The maximum absolute atomic E-state index is 15.7. The van der Waals surface area contributed by atoms with Gasteiger partial charge in [-0.1, -0.05) is 0 Å². The van der Waals surface area contributed by atoms with Crippen LogP contribution in [0.4, 0.5) is 10.2 Å². The van der Waals surface area contributed by atoms with Crippen molar-refractivity contribution in [2.45, 2.75) is 31.5 Å². The molecule has 1 saturated carbocycles. The van der Waals surface area contributed by atoms with Crippen LogP contribution in [-0.4, -0.2) is 45.8 Å². The molecular formula is C17H18BrFN4OS. The number of amides is 1. The molecule has 3 atom stereocenters. The Bertz CT molecular complexity index is 798. The van der Waals surface area contributed by atoms with Crippen molar-refractivity contribution in [1.82, 2.24) is 15.1 Å². The van der Waals surface area contributed by atoms with Crippen LogP contribution in [0.15, 0.2) is 28.9 Å². The van der Waals surface area contributed by atoms with Crippen molar-refractivity contribution < 1.29 is 9.18 Å². The van der Waals surface area contributed by atoms with E-state index in [9.17, 15) is 4.79 Å². The monoisotopic (exact) mass is 424 g/mol.